The van der Waals surface area contributed by atoms with Crippen molar-refractivity contribution in [2.24, 2.45) is 0 Å². The number of hydrogen-bond acceptors (Lipinski definition) is 5. The van der Waals surface area contributed by atoms with Crippen molar-refractivity contribution < 1.29 is 24.2 Å². The van der Waals surface area contributed by atoms with E-state index in [0.717, 1.165) is 12.8 Å². The maximum atomic E-state index is 12.2. The first-order chi connectivity index (χ1) is 16.5. The molecule has 2 aromatic rings. The van der Waals surface area contributed by atoms with Gasteiger partial charge in [-0.3, -0.25) is 9.59 Å². The fourth-order valence-corrected chi connectivity index (χ4v) is 4.85. The zero-order valence-electron chi connectivity index (χ0n) is 19.4. The summed E-state index contributed by atoms with van der Waals surface area (Å²) in [5.41, 5.74) is 4.69. The van der Waals surface area contributed by atoms with Gasteiger partial charge in [-0.15, -0.1) is 0 Å². The quantitative estimate of drug-likeness (QED) is 0.364. The lowest BCUT2D eigenvalue weighted by atomic mass is 9.98. The first kappa shape index (κ1) is 25.6. The standard InChI is InChI=1S/C26H32N2O5S/c1-2-3-8-18(15-25(30)31)28-24(29)17-34-14-13-27-26(32)33-16-23-21-11-6-4-9-19(21)20-10-5-7-12-22(20)23/h4-7,9-12,18,23H,2-3,8,13-17H2,1H3,(H,27,32)(H,28,29)(H,30,31). The van der Waals surface area contributed by atoms with E-state index in [0.29, 0.717) is 18.7 Å². The van der Waals surface area contributed by atoms with Crippen LogP contribution in [0.25, 0.3) is 11.1 Å². The number of nitrogens with one attached hydrogen (secondary N) is 2. The minimum atomic E-state index is -0.915. The summed E-state index contributed by atoms with van der Waals surface area (Å²) in [5.74, 6) is -0.317. The van der Waals surface area contributed by atoms with E-state index in [2.05, 4.69) is 34.9 Å². The number of carboxylic acid groups (broad SMARTS) is 1. The van der Waals surface area contributed by atoms with Gasteiger partial charge in [-0.25, -0.2) is 4.79 Å². The van der Waals surface area contributed by atoms with Crippen LogP contribution in [-0.2, 0) is 14.3 Å². The van der Waals surface area contributed by atoms with Crippen molar-refractivity contribution in [1.82, 2.24) is 10.6 Å². The second-order valence-electron chi connectivity index (χ2n) is 8.31. The van der Waals surface area contributed by atoms with Crippen LogP contribution in [0.15, 0.2) is 48.5 Å². The van der Waals surface area contributed by atoms with E-state index in [1.54, 1.807) is 0 Å². The largest absolute Gasteiger partial charge is 0.481 e. The summed E-state index contributed by atoms with van der Waals surface area (Å²) in [6.45, 7) is 2.67. The Bertz CT molecular complexity index is 951. The first-order valence-electron chi connectivity index (χ1n) is 11.7. The molecule has 0 aliphatic heterocycles. The van der Waals surface area contributed by atoms with Crippen LogP contribution in [0.2, 0.25) is 0 Å². The Morgan fingerprint density at radius 1 is 1.06 bits per heavy atom. The van der Waals surface area contributed by atoms with Crippen molar-refractivity contribution in [3.05, 3.63) is 59.7 Å². The van der Waals surface area contributed by atoms with Gasteiger partial charge in [0, 0.05) is 24.3 Å². The van der Waals surface area contributed by atoms with Gasteiger partial charge in [0.2, 0.25) is 5.91 Å². The SMILES string of the molecule is CCCCC(CC(=O)O)NC(=O)CSCCNC(=O)OCC1c2ccccc2-c2ccccc21. The molecule has 2 amide bonds. The van der Waals surface area contributed by atoms with Gasteiger partial charge in [0.15, 0.2) is 0 Å². The minimum absolute atomic E-state index is 0.0164. The van der Waals surface area contributed by atoms with E-state index in [-0.39, 0.29) is 36.6 Å². The van der Waals surface area contributed by atoms with Crippen LogP contribution in [0.5, 0.6) is 0 Å². The predicted molar refractivity (Wildman–Crippen MR) is 134 cm³/mol. The third kappa shape index (κ3) is 7.25. The Morgan fingerprint density at radius 2 is 1.71 bits per heavy atom. The van der Waals surface area contributed by atoms with Gasteiger partial charge in [-0.05, 0) is 28.7 Å². The molecule has 1 aliphatic rings. The van der Waals surface area contributed by atoms with E-state index in [1.165, 1.54) is 34.0 Å². The Labute approximate surface area is 204 Å². The minimum Gasteiger partial charge on any atom is -0.481 e. The number of fused-ring (bicyclic) bond motifs is 3. The lowest BCUT2D eigenvalue weighted by Gasteiger charge is -2.16. The number of amides is 2. The fraction of sp³-hybridized carbons (Fsp3) is 0.423. The Balaban J connectivity index is 1.35. The molecule has 0 saturated heterocycles. The molecule has 0 bridgehead atoms. The van der Waals surface area contributed by atoms with E-state index in [4.69, 9.17) is 9.84 Å². The molecular weight excluding hydrogens is 452 g/mol. The molecule has 182 valence electrons. The van der Waals surface area contributed by atoms with Crippen molar-refractivity contribution in [2.75, 3.05) is 24.7 Å². The van der Waals surface area contributed by atoms with Gasteiger partial charge in [-0.2, -0.15) is 11.8 Å². The Kier molecular flexibility index (Phi) is 9.82. The lowest BCUT2D eigenvalue weighted by Crippen LogP contribution is -2.37. The maximum Gasteiger partial charge on any atom is 0.407 e. The van der Waals surface area contributed by atoms with Gasteiger partial charge in [0.25, 0.3) is 0 Å². The average Bonchev–Trinajstić information content (AvgIpc) is 3.14. The van der Waals surface area contributed by atoms with Crippen molar-refractivity contribution in [3.8, 4) is 11.1 Å². The zero-order valence-corrected chi connectivity index (χ0v) is 20.2. The molecule has 3 rings (SSSR count). The van der Waals surface area contributed by atoms with Crippen molar-refractivity contribution in [1.29, 1.82) is 0 Å². The van der Waals surface area contributed by atoms with Gasteiger partial charge >= 0.3 is 12.1 Å². The van der Waals surface area contributed by atoms with E-state index < -0.39 is 12.1 Å². The highest BCUT2D eigenvalue weighted by atomic mass is 32.2. The van der Waals surface area contributed by atoms with Gasteiger partial charge in [0.1, 0.15) is 6.61 Å². The Hall–Kier alpha value is -3.00. The maximum absolute atomic E-state index is 12.2. The molecule has 0 heterocycles. The monoisotopic (exact) mass is 484 g/mol. The highest BCUT2D eigenvalue weighted by Gasteiger charge is 2.28. The molecule has 7 nitrogen and oxygen atoms in total. The average molecular weight is 485 g/mol. The lowest BCUT2D eigenvalue weighted by molar-refractivity contribution is -0.137. The van der Waals surface area contributed by atoms with Crippen LogP contribution >= 0.6 is 11.8 Å². The second-order valence-corrected chi connectivity index (χ2v) is 9.41. The highest BCUT2D eigenvalue weighted by Crippen LogP contribution is 2.44. The summed E-state index contributed by atoms with van der Waals surface area (Å²) < 4.78 is 5.50. The van der Waals surface area contributed by atoms with E-state index >= 15 is 0 Å². The summed E-state index contributed by atoms with van der Waals surface area (Å²) in [5, 5.41) is 14.5. The van der Waals surface area contributed by atoms with Crippen LogP contribution in [0.1, 0.15) is 49.7 Å². The Morgan fingerprint density at radius 3 is 2.32 bits per heavy atom. The van der Waals surface area contributed by atoms with Crippen LogP contribution < -0.4 is 10.6 Å². The molecule has 3 N–H and O–H groups in total. The molecule has 0 spiro atoms. The molecule has 1 unspecified atom stereocenters. The number of carboxylic acids is 1. The molecule has 0 aromatic heterocycles. The third-order valence-electron chi connectivity index (χ3n) is 5.78. The number of thioether (sulfide) groups is 1. The molecule has 1 atom stereocenters. The smallest absolute Gasteiger partial charge is 0.407 e. The number of alkyl carbamates (subject to hydrolysis) is 1. The molecule has 0 saturated carbocycles. The van der Waals surface area contributed by atoms with Crippen LogP contribution in [0, 0.1) is 0 Å². The van der Waals surface area contributed by atoms with E-state index in [1.807, 2.05) is 31.2 Å². The van der Waals surface area contributed by atoms with Gasteiger partial charge in [0.05, 0.1) is 12.2 Å². The summed E-state index contributed by atoms with van der Waals surface area (Å²) in [7, 11) is 0. The number of ether oxygens (including phenoxy) is 1. The fourth-order valence-electron chi connectivity index (χ4n) is 4.20. The van der Waals surface area contributed by atoms with Crippen molar-refractivity contribution >= 4 is 29.7 Å². The number of carbonyl (C=O) groups excluding carboxylic acids is 2. The molecule has 0 fully saturated rings. The summed E-state index contributed by atoms with van der Waals surface area (Å²) in [6, 6.07) is 16.0. The van der Waals surface area contributed by atoms with E-state index in [9.17, 15) is 14.4 Å². The van der Waals surface area contributed by atoms with Crippen molar-refractivity contribution in [3.63, 3.8) is 0 Å². The van der Waals surface area contributed by atoms with Gasteiger partial charge in [-0.1, -0.05) is 68.3 Å². The van der Waals surface area contributed by atoms with Gasteiger partial charge < -0.3 is 20.5 Å². The predicted octanol–water partition coefficient (Wildman–Crippen LogP) is 4.41. The molecule has 2 aromatic carbocycles. The summed E-state index contributed by atoms with van der Waals surface area (Å²) in [4.78, 5) is 35.3. The van der Waals surface area contributed by atoms with Crippen molar-refractivity contribution in [2.45, 2.75) is 44.6 Å². The normalized spacial score (nSPS) is 13.0. The third-order valence-corrected chi connectivity index (χ3v) is 6.74. The van der Waals surface area contributed by atoms with Crippen LogP contribution in [0.4, 0.5) is 4.79 Å². The second kappa shape index (κ2) is 13.0. The number of rotatable bonds is 13. The molecule has 1 aliphatic carbocycles. The van der Waals surface area contributed by atoms with Crippen LogP contribution in [-0.4, -0.2) is 53.8 Å². The first-order valence-corrected chi connectivity index (χ1v) is 12.8. The number of hydrogen-bond donors (Lipinski definition) is 3. The highest BCUT2D eigenvalue weighted by molar-refractivity contribution is 7.99. The van der Waals surface area contributed by atoms with Crippen LogP contribution in [0.3, 0.4) is 0 Å². The number of carbonyl (C=O) groups is 3. The summed E-state index contributed by atoms with van der Waals surface area (Å²) >= 11 is 1.38. The molecular formula is C26H32N2O5S. The topological polar surface area (TPSA) is 105 Å². The number of benzene rings is 2. The number of aliphatic carboxylic acids is 1. The molecule has 8 heteroatoms. The molecule has 0 radical (unpaired) electrons. The molecule has 34 heavy (non-hydrogen) atoms. The number of unbranched alkanes of at least 4 members (excludes halogenated alkanes) is 1. The summed E-state index contributed by atoms with van der Waals surface area (Å²) in [6.07, 6.45) is 1.92. The zero-order chi connectivity index (χ0) is 24.3.